The molecule has 0 saturated carbocycles. The Kier molecular flexibility index (Phi) is 5.58. The third-order valence-electron chi connectivity index (χ3n) is 5.19. The molecule has 3 aromatic rings. The fourth-order valence-electron chi connectivity index (χ4n) is 3.73. The molecule has 1 atom stereocenters. The van der Waals surface area contributed by atoms with Crippen molar-refractivity contribution in [3.63, 3.8) is 0 Å². The molecule has 5 nitrogen and oxygen atoms in total. The number of thiazole rings is 1. The predicted octanol–water partition coefficient (Wildman–Crippen LogP) is 5.48. The number of aliphatic hydroxyl groups is 1. The van der Waals surface area contributed by atoms with E-state index in [4.69, 9.17) is 0 Å². The number of aromatic nitrogens is 1. The first kappa shape index (κ1) is 20.5. The molecule has 154 valence electrons. The van der Waals surface area contributed by atoms with Gasteiger partial charge >= 0.3 is 0 Å². The van der Waals surface area contributed by atoms with Crippen LogP contribution in [-0.4, -0.2) is 33.2 Å². The fourth-order valence-corrected chi connectivity index (χ4v) is 5.80. The lowest BCUT2D eigenvalue weighted by Gasteiger charge is -2.25. The predicted molar refractivity (Wildman–Crippen MR) is 120 cm³/mol. The van der Waals surface area contributed by atoms with Crippen LogP contribution in [0.1, 0.15) is 45.2 Å². The number of aliphatic hydroxyl groups excluding tert-OH is 1. The highest BCUT2D eigenvalue weighted by molar-refractivity contribution is 7.17. The summed E-state index contributed by atoms with van der Waals surface area (Å²) in [6.45, 7) is 6.20. The zero-order valence-electron chi connectivity index (χ0n) is 17.0. The van der Waals surface area contributed by atoms with Gasteiger partial charge in [0.2, 0.25) is 5.78 Å². The Morgan fingerprint density at radius 1 is 1.20 bits per heavy atom. The largest absolute Gasteiger partial charge is 0.503 e. The van der Waals surface area contributed by atoms with Gasteiger partial charge in [-0.05, 0) is 37.3 Å². The van der Waals surface area contributed by atoms with Crippen LogP contribution in [0, 0.1) is 13.8 Å². The number of nitrogens with zero attached hydrogens (tertiary/aromatic N) is 2. The molecule has 7 heteroatoms. The number of aryl methyl sites for hydroxylation is 2. The molecular weight excluding hydrogens is 416 g/mol. The SMILES string of the molecule is CCCN1C(=O)C(O)=C(C(=O)c2sc(-c3ccccc3)nc2C)C1c1sccc1C. The molecule has 1 unspecified atom stereocenters. The van der Waals surface area contributed by atoms with E-state index in [2.05, 4.69) is 4.98 Å². The molecule has 1 aliphatic rings. The Balaban J connectivity index is 1.80. The van der Waals surface area contributed by atoms with Gasteiger partial charge in [-0.1, -0.05) is 37.3 Å². The van der Waals surface area contributed by atoms with Gasteiger partial charge in [0.25, 0.3) is 5.91 Å². The van der Waals surface area contributed by atoms with Gasteiger partial charge in [-0.2, -0.15) is 0 Å². The summed E-state index contributed by atoms with van der Waals surface area (Å²) < 4.78 is 0. The van der Waals surface area contributed by atoms with Crippen LogP contribution in [-0.2, 0) is 4.79 Å². The highest BCUT2D eigenvalue weighted by atomic mass is 32.1. The first-order valence-corrected chi connectivity index (χ1v) is 11.5. The van der Waals surface area contributed by atoms with Gasteiger partial charge in [0, 0.05) is 17.0 Å². The molecule has 30 heavy (non-hydrogen) atoms. The van der Waals surface area contributed by atoms with Crippen molar-refractivity contribution >= 4 is 34.4 Å². The van der Waals surface area contributed by atoms with E-state index in [0.29, 0.717) is 17.1 Å². The third kappa shape index (κ3) is 3.38. The topological polar surface area (TPSA) is 70.5 Å². The highest BCUT2D eigenvalue weighted by Crippen LogP contribution is 2.43. The molecule has 0 saturated heterocycles. The summed E-state index contributed by atoms with van der Waals surface area (Å²) in [6.07, 6.45) is 0.735. The van der Waals surface area contributed by atoms with Crippen molar-refractivity contribution in [1.82, 2.24) is 9.88 Å². The normalized spacial score (nSPS) is 16.6. The number of benzene rings is 1. The van der Waals surface area contributed by atoms with Crippen molar-refractivity contribution in [1.29, 1.82) is 0 Å². The lowest BCUT2D eigenvalue weighted by atomic mass is 9.98. The van der Waals surface area contributed by atoms with E-state index in [-0.39, 0.29) is 11.4 Å². The summed E-state index contributed by atoms with van der Waals surface area (Å²) in [4.78, 5) is 34.0. The Bertz CT molecular complexity index is 1140. The van der Waals surface area contributed by atoms with Crippen LogP contribution in [0.2, 0.25) is 0 Å². The van der Waals surface area contributed by atoms with Crippen molar-refractivity contribution in [2.75, 3.05) is 6.54 Å². The van der Waals surface area contributed by atoms with Gasteiger partial charge in [-0.25, -0.2) is 4.98 Å². The number of hydrogen-bond donors (Lipinski definition) is 1. The average molecular weight is 439 g/mol. The van der Waals surface area contributed by atoms with Gasteiger partial charge in [0.15, 0.2) is 5.76 Å². The highest BCUT2D eigenvalue weighted by Gasteiger charge is 2.45. The van der Waals surface area contributed by atoms with Crippen molar-refractivity contribution in [3.8, 4) is 10.6 Å². The van der Waals surface area contributed by atoms with E-state index in [1.165, 1.54) is 22.7 Å². The van der Waals surface area contributed by atoms with Crippen molar-refractivity contribution in [2.45, 2.75) is 33.2 Å². The second kappa shape index (κ2) is 8.16. The Morgan fingerprint density at radius 3 is 2.57 bits per heavy atom. The monoisotopic (exact) mass is 438 g/mol. The molecule has 2 aromatic heterocycles. The van der Waals surface area contributed by atoms with Crippen LogP contribution in [0.25, 0.3) is 10.6 Å². The van der Waals surface area contributed by atoms with Crippen LogP contribution >= 0.6 is 22.7 Å². The maximum absolute atomic E-state index is 13.6. The lowest BCUT2D eigenvalue weighted by molar-refractivity contribution is -0.129. The smallest absolute Gasteiger partial charge is 0.290 e. The molecule has 1 aliphatic heterocycles. The van der Waals surface area contributed by atoms with Crippen LogP contribution < -0.4 is 0 Å². The standard InChI is InChI=1S/C23H22N2O3S2/c1-4-11-25-17(20-13(2)10-12-29-20)16(19(27)23(25)28)18(26)21-14(3)24-22(30-21)15-8-6-5-7-9-15/h5-10,12,17,27H,4,11H2,1-3H3. The molecule has 1 aromatic carbocycles. The third-order valence-corrected chi connectivity index (χ3v) is 7.46. The molecule has 0 radical (unpaired) electrons. The molecule has 1 amide bonds. The van der Waals surface area contributed by atoms with E-state index in [9.17, 15) is 14.7 Å². The fraction of sp³-hybridized carbons (Fsp3) is 0.261. The number of ketones is 1. The van der Waals surface area contributed by atoms with E-state index in [1.54, 1.807) is 11.8 Å². The molecule has 0 spiro atoms. The number of thiophene rings is 1. The first-order chi connectivity index (χ1) is 14.4. The van der Waals surface area contributed by atoms with Crippen molar-refractivity contribution in [3.05, 3.63) is 74.1 Å². The zero-order valence-corrected chi connectivity index (χ0v) is 18.6. The number of Topliss-reactive ketones (excluding diaryl/α,β-unsaturated/α-hetero) is 1. The van der Waals surface area contributed by atoms with Crippen LogP contribution in [0.5, 0.6) is 0 Å². The summed E-state index contributed by atoms with van der Waals surface area (Å²) in [7, 11) is 0. The number of hydrogen-bond acceptors (Lipinski definition) is 6. The zero-order chi connectivity index (χ0) is 21.4. The molecule has 4 rings (SSSR count). The quantitative estimate of drug-likeness (QED) is 0.518. The van der Waals surface area contributed by atoms with Gasteiger partial charge in [0.1, 0.15) is 5.01 Å². The van der Waals surface area contributed by atoms with Crippen molar-refractivity contribution in [2.24, 2.45) is 0 Å². The maximum Gasteiger partial charge on any atom is 0.290 e. The van der Waals surface area contributed by atoms with Gasteiger partial charge in [-0.3, -0.25) is 9.59 Å². The van der Waals surface area contributed by atoms with Crippen LogP contribution in [0.4, 0.5) is 0 Å². The lowest BCUT2D eigenvalue weighted by Crippen LogP contribution is -2.31. The summed E-state index contributed by atoms with van der Waals surface area (Å²) in [5.74, 6) is -1.25. The number of carbonyl (C=O) groups excluding carboxylic acids is 2. The molecule has 0 aliphatic carbocycles. The maximum atomic E-state index is 13.6. The summed E-state index contributed by atoms with van der Waals surface area (Å²) >= 11 is 2.80. The molecule has 0 bridgehead atoms. The summed E-state index contributed by atoms with van der Waals surface area (Å²) in [5, 5.41) is 13.4. The van der Waals surface area contributed by atoms with Gasteiger partial charge < -0.3 is 10.0 Å². The van der Waals surface area contributed by atoms with Gasteiger partial charge in [-0.15, -0.1) is 22.7 Å². The molecule has 0 fully saturated rings. The molecular formula is C23H22N2O3S2. The minimum Gasteiger partial charge on any atom is -0.503 e. The van der Waals surface area contributed by atoms with Crippen LogP contribution in [0.15, 0.2) is 53.1 Å². The minimum atomic E-state index is -0.563. The molecule has 1 N–H and O–H groups in total. The number of rotatable bonds is 6. The number of amides is 1. The van der Waals surface area contributed by atoms with E-state index in [0.717, 1.165) is 27.4 Å². The Hall–Kier alpha value is -2.77. The van der Waals surface area contributed by atoms with Crippen LogP contribution in [0.3, 0.4) is 0 Å². The second-order valence-electron chi connectivity index (χ2n) is 7.26. The number of carbonyl (C=O) groups is 2. The van der Waals surface area contributed by atoms with Crippen molar-refractivity contribution < 1.29 is 14.7 Å². The Morgan fingerprint density at radius 2 is 1.93 bits per heavy atom. The van der Waals surface area contributed by atoms with E-state index < -0.39 is 17.7 Å². The second-order valence-corrected chi connectivity index (χ2v) is 9.21. The summed E-state index contributed by atoms with van der Waals surface area (Å²) in [5.41, 5.74) is 2.70. The average Bonchev–Trinajstić information content (AvgIpc) is 3.41. The Labute approximate surface area is 183 Å². The minimum absolute atomic E-state index is 0.158. The van der Waals surface area contributed by atoms with E-state index in [1.807, 2.05) is 55.6 Å². The summed E-state index contributed by atoms with van der Waals surface area (Å²) in [6, 6.07) is 11.1. The van der Waals surface area contributed by atoms with E-state index >= 15 is 0 Å². The van der Waals surface area contributed by atoms with Gasteiger partial charge in [0.05, 0.1) is 22.2 Å². The molecule has 3 heterocycles. The first-order valence-electron chi connectivity index (χ1n) is 9.79.